The van der Waals surface area contributed by atoms with Gasteiger partial charge in [-0.15, -0.1) is 0 Å². The molecule has 2 N–H and O–H groups in total. The highest BCUT2D eigenvalue weighted by atomic mass is 32.1. The number of piperidine rings is 1. The summed E-state index contributed by atoms with van der Waals surface area (Å²) in [5, 5.41) is 6.87. The topological polar surface area (TPSA) is 109 Å². The Morgan fingerprint density at radius 2 is 1.81 bits per heavy atom. The number of aromatic nitrogens is 3. The standard InChI is InChI=1S/C22H30N6O3S/c29-17(24-15-6-2-1-3-7-15)12-28-13-23-19-18(21(28)31)32-22(26-19)27-10-4-5-14(11-27)20(30)25-16-8-9-16/h13-16H,1-12H2,(H,24,29)(H,25,30)/t14-/m0/s1. The Morgan fingerprint density at radius 3 is 2.59 bits per heavy atom. The molecule has 0 bridgehead atoms. The summed E-state index contributed by atoms with van der Waals surface area (Å²) < 4.78 is 1.82. The predicted octanol–water partition coefficient (Wildman–Crippen LogP) is 1.80. The van der Waals surface area contributed by atoms with Crippen molar-refractivity contribution in [3.05, 3.63) is 16.7 Å². The molecule has 3 aliphatic rings. The van der Waals surface area contributed by atoms with Gasteiger partial charge in [0.2, 0.25) is 11.8 Å². The molecule has 0 unspecified atom stereocenters. The normalized spacial score (nSPS) is 22.1. The minimum atomic E-state index is -0.238. The molecule has 5 rings (SSSR count). The number of thiazole rings is 1. The van der Waals surface area contributed by atoms with Crippen LogP contribution in [0.15, 0.2) is 11.1 Å². The quantitative estimate of drug-likeness (QED) is 0.683. The first-order chi connectivity index (χ1) is 15.6. The molecule has 2 saturated carbocycles. The lowest BCUT2D eigenvalue weighted by Crippen LogP contribution is -2.43. The van der Waals surface area contributed by atoms with Crippen LogP contribution in [0.2, 0.25) is 0 Å². The van der Waals surface area contributed by atoms with Crippen LogP contribution in [0.1, 0.15) is 57.8 Å². The molecule has 2 aromatic heterocycles. The van der Waals surface area contributed by atoms with Crippen LogP contribution in [0.4, 0.5) is 5.13 Å². The van der Waals surface area contributed by atoms with E-state index in [0.717, 1.165) is 63.0 Å². The van der Waals surface area contributed by atoms with E-state index in [1.807, 2.05) is 0 Å². The van der Waals surface area contributed by atoms with Crippen molar-refractivity contribution in [2.45, 2.75) is 76.4 Å². The van der Waals surface area contributed by atoms with Crippen molar-refractivity contribution in [2.24, 2.45) is 5.92 Å². The van der Waals surface area contributed by atoms with Gasteiger partial charge in [0.25, 0.3) is 5.56 Å². The fourth-order valence-electron chi connectivity index (χ4n) is 4.67. The second-order valence-electron chi connectivity index (χ2n) is 9.30. The van der Waals surface area contributed by atoms with E-state index in [1.165, 1.54) is 28.7 Å². The average Bonchev–Trinajstić information content (AvgIpc) is 3.51. The van der Waals surface area contributed by atoms with Gasteiger partial charge in [0.15, 0.2) is 10.8 Å². The zero-order valence-corrected chi connectivity index (χ0v) is 19.0. The second kappa shape index (κ2) is 9.17. The fourth-order valence-corrected chi connectivity index (χ4v) is 5.67. The molecule has 3 heterocycles. The number of rotatable bonds is 6. The molecule has 9 nitrogen and oxygen atoms in total. The van der Waals surface area contributed by atoms with Gasteiger partial charge in [-0.3, -0.25) is 19.0 Å². The van der Waals surface area contributed by atoms with Crippen LogP contribution in [-0.2, 0) is 16.1 Å². The van der Waals surface area contributed by atoms with Gasteiger partial charge in [-0.2, -0.15) is 4.98 Å². The Labute approximate surface area is 190 Å². The molecule has 0 aromatic carbocycles. The van der Waals surface area contributed by atoms with Crippen molar-refractivity contribution < 1.29 is 9.59 Å². The smallest absolute Gasteiger partial charge is 0.273 e. The van der Waals surface area contributed by atoms with Gasteiger partial charge < -0.3 is 15.5 Å². The van der Waals surface area contributed by atoms with E-state index in [-0.39, 0.29) is 35.9 Å². The number of nitrogens with zero attached hydrogens (tertiary/aromatic N) is 4. The Kier molecular flexibility index (Phi) is 6.12. The molecule has 172 valence electrons. The summed E-state index contributed by atoms with van der Waals surface area (Å²) in [7, 11) is 0. The molecule has 0 spiro atoms. The van der Waals surface area contributed by atoms with Gasteiger partial charge >= 0.3 is 0 Å². The van der Waals surface area contributed by atoms with Crippen LogP contribution in [-0.4, -0.2) is 51.5 Å². The Hall–Kier alpha value is -2.49. The summed E-state index contributed by atoms with van der Waals surface area (Å²) in [4.78, 5) is 48.9. The average molecular weight is 459 g/mol. The zero-order chi connectivity index (χ0) is 22.1. The molecule has 2 aromatic rings. The fraction of sp³-hybridized carbons (Fsp3) is 0.682. The van der Waals surface area contributed by atoms with Crippen LogP contribution >= 0.6 is 11.3 Å². The predicted molar refractivity (Wildman–Crippen MR) is 123 cm³/mol. The summed E-state index contributed by atoms with van der Waals surface area (Å²) in [6.45, 7) is 1.39. The van der Waals surface area contributed by atoms with Crippen LogP contribution < -0.4 is 21.1 Å². The second-order valence-corrected chi connectivity index (χ2v) is 10.3. The number of carbonyl (C=O) groups excluding carboxylic acids is 2. The van der Waals surface area contributed by atoms with Crippen molar-refractivity contribution in [3.63, 3.8) is 0 Å². The number of carbonyl (C=O) groups is 2. The number of anilines is 1. The minimum Gasteiger partial charge on any atom is -0.353 e. The molecule has 32 heavy (non-hydrogen) atoms. The zero-order valence-electron chi connectivity index (χ0n) is 18.2. The summed E-state index contributed by atoms with van der Waals surface area (Å²) in [6.07, 6.45) is 10.9. The Bertz CT molecular complexity index is 1060. The highest BCUT2D eigenvalue weighted by Gasteiger charge is 2.31. The van der Waals surface area contributed by atoms with Gasteiger partial charge in [-0.25, -0.2) is 4.98 Å². The van der Waals surface area contributed by atoms with E-state index >= 15 is 0 Å². The molecule has 2 aliphatic carbocycles. The first kappa shape index (κ1) is 21.4. The first-order valence-corrected chi connectivity index (χ1v) is 12.6. The molecule has 1 atom stereocenters. The number of nitrogens with one attached hydrogen (secondary N) is 2. The third-order valence-electron chi connectivity index (χ3n) is 6.64. The Morgan fingerprint density at radius 1 is 1.03 bits per heavy atom. The van der Waals surface area contributed by atoms with Gasteiger partial charge in [0, 0.05) is 25.2 Å². The third kappa shape index (κ3) is 4.79. The lowest BCUT2D eigenvalue weighted by Gasteiger charge is -2.31. The van der Waals surface area contributed by atoms with E-state index < -0.39 is 0 Å². The van der Waals surface area contributed by atoms with Gasteiger partial charge in [0.05, 0.1) is 5.92 Å². The van der Waals surface area contributed by atoms with Crippen LogP contribution in [0, 0.1) is 5.92 Å². The van der Waals surface area contributed by atoms with Crippen LogP contribution in [0.5, 0.6) is 0 Å². The largest absolute Gasteiger partial charge is 0.353 e. The number of amides is 2. The molecule has 0 radical (unpaired) electrons. The maximum Gasteiger partial charge on any atom is 0.273 e. The molecule has 1 aliphatic heterocycles. The van der Waals surface area contributed by atoms with E-state index in [0.29, 0.717) is 22.9 Å². The van der Waals surface area contributed by atoms with Gasteiger partial charge in [0.1, 0.15) is 17.6 Å². The SMILES string of the molecule is O=C(Cn1cnc2nc(N3CCC[C@H](C(=O)NC4CC4)C3)sc2c1=O)NC1CCCCC1. The third-order valence-corrected chi connectivity index (χ3v) is 7.74. The maximum atomic E-state index is 13.0. The first-order valence-electron chi connectivity index (χ1n) is 11.8. The van der Waals surface area contributed by atoms with Crippen molar-refractivity contribution in [1.29, 1.82) is 0 Å². The number of hydrogen-bond acceptors (Lipinski definition) is 7. The maximum absolute atomic E-state index is 13.0. The molecule has 10 heteroatoms. The van der Waals surface area contributed by atoms with E-state index in [9.17, 15) is 14.4 Å². The van der Waals surface area contributed by atoms with Crippen molar-refractivity contribution in [2.75, 3.05) is 18.0 Å². The Balaban J connectivity index is 1.27. The molecule has 2 amide bonds. The van der Waals surface area contributed by atoms with Crippen molar-refractivity contribution >= 4 is 38.6 Å². The summed E-state index contributed by atoms with van der Waals surface area (Å²) in [5.74, 6) is -0.0716. The number of hydrogen-bond donors (Lipinski definition) is 2. The lowest BCUT2D eigenvalue weighted by molar-refractivity contribution is -0.125. The molecular weight excluding hydrogens is 428 g/mol. The van der Waals surface area contributed by atoms with Crippen molar-refractivity contribution in [1.82, 2.24) is 25.2 Å². The van der Waals surface area contributed by atoms with Crippen LogP contribution in [0.3, 0.4) is 0 Å². The van der Waals surface area contributed by atoms with E-state index in [2.05, 4.69) is 25.5 Å². The molecule has 1 saturated heterocycles. The lowest BCUT2D eigenvalue weighted by atomic mass is 9.95. The van der Waals surface area contributed by atoms with Gasteiger partial charge in [-0.1, -0.05) is 30.6 Å². The minimum absolute atomic E-state index is 0.0291. The van der Waals surface area contributed by atoms with Crippen molar-refractivity contribution in [3.8, 4) is 0 Å². The highest BCUT2D eigenvalue weighted by molar-refractivity contribution is 7.22. The monoisotopic (exact) mass is 458 g/mol. The number of fused-ring (bicyclic) bond motifs is 1. The highest BCUT2D eigenvalue weighted by Crippen LogP contribution is 2.30. The van der Waals surface area contributed by atoms with E-state index in [1.54, 1.807) is 0 Å². The van der Waals surface area contributed by atoms with Gasteiger partial charge in [-0.05, 0) is 38.5 Å². The summed E-state index contributed by atoms with van der Waals surface area (Å²) in [6, 6.07) is 0.570. The summed E-state index contributed by atoms with van der Waals surface area (Å²) >= 11 is 1.30. The molecular formula is C22H30N6O3S. The molecule has 3 fully saturated rings. The van der Waals surface area contributed by atoms with E-state index in [4.69, 9.17) is 0 Å². The summed E-state index contributed by atoms with van der Waals surface area (Å²) in [5.41, 5.74) is 0.168. The van der Waals surface area contributed by atoms with Crippen LogP contribution in [0.25, 0.3) is 10.3 Å².